The Balaban J connectivity index is 2.21. The zero-order valence-corrected chi connectivity index (χ0v) is 12.0. The van der Waals surface area contributed by atoms with E-state index in [-0.39, 0.29) is 0 Å². The first kappa shape index (κ1) is 14.0. The fraction of sp³-hybridized carbons (Fsp3) is 0.769. The fourth-order valence-electron chi connectivity index (χ4n) is 2.01. The van der Waals surface area contributed by atoms with Gasteiger partial charge >= 0.3 is 0 Å². The molecule has 0 atom stereocenters. The van der Waals surface area contributed by atoms with E-state index < -0.39 is 0 Å². The molecule has 0 unspecified atom stereocenters. The Kier molecular flexibility index (Phi) is 4.90. The summed E-state index contributed by atoms with van der Waals surface area (Å²) in [6.07, 6.45) is 0.873. The summed E-state index contributed by atoms with van der Waals surface area (Å²) in [7, 11) is 0. The van der Waals surface area contributed by atoms with Gasteiger partial charge in [0.1, 0.15) is 5.82 Å². The number of ether oxygens (including phenoxy) is 1. The molecule has 0 aliphatic carbocycles. The largest absolute Gasteiger partial charge is 0.378 e. The van der Waals surface area contributed by atoms with Crippen molar-refractivity contribution in [3.63, 3.8) is 0 Å². The second kappa shape index (κ2) is 6.65. The number of morpholine rings is 1. The van der Waals surface area contributed by atoms with E-state index >= 15 is 0 Å². The van der Waals surface area contributed by atoms with Crippen LogP contribution >= 0.6 is 0 Å². The third-order valence-electron chi connectivity index (χ3n) is 2.89. The Morgan fingerprint density at radius 1 is 1.21 bits per heavy atom. The number of anilines is 2. The van der Waals surface area contributed by atoms with Crippen molar-refractivity contribution < 1.29 is 4.74 Å². The molecular weight excluding hydrogens is 242 g/mol. The van der Waals surface area contributed by atoms with Gasteiger partial charge in [0, 0.05) is 26.1 Å². The molecule has 0 aromatic carbocycles. The molecule has 0 bridgehead atoms. The quantitative estimate of drug-likeness (QED) is 0.867. The van der Waals surface area contributed by atoms with Gasteiger partial charge in [-0.2, -0.15) is 15.0 Å². The second-order valence-electron chi connectivity index (χ2n) is 5.10. The van der Waals surface area contributed by atoms with Crippen LogP contribution in [-0.2, 0) is 11.2 Å². The summed E-state index contributed by atoms with van der Waals surface area (Å²) >= 11 is 0. The Hall–Kier alpha value is -1.43. The summed E-state index contributed by atoms with van der Waals surface area (Å²) in [5, 5.41) is 3.18. The number of nitrogens with one attached hydrogen (secondary N) is 1. The first-order chi connectivity index (χ1) is 9.19. The predicted octanol–water partition coefficient (Wildman–Crippen LogP) is 1.34. The van der Waals surface area contributed by atoms with Gasteiger partial charge in [0.05, 0.1) is 13.2 Å². The second-order valence-corrected chi connectivity index (χ2v) is 5.10. The van der Waals surface area contributed by atoms with Crippen molar-refractivity contribution in [1.82, 2.24) is 15.0 Å². The maximum Gasteiger partial charge on any atom is 0.230 e. The molecule has 6 nitrogen and oxygen atoms in total. The van der Waals surface area contributed by atoms with Gasteiger partial charge in [0.15, 0.2) is 0 Å². The monoisotopic (exact) mass is 265 g/mol. The number of nitrogens with zero attached hydrogens (tertiary/aromatic N) is 4. The molecule has 6 heteroatoms. The molecule has 19 heavy (non-hydrogen) atoms. The van der Waals surface area contributed by atoms with Gasteiger partial charge in [0.2, 0.25) is 11.9 Å². The highest BCUT2D eigenvalue weighted by molar-refractivity contribution is 5.37. The predicted molar refractivity (Wildman–Crippen MR) is 75.6 cm³/mol. The lowest BCUT2D eigenvalue weighted by molar-refractivity contribution is 0.122. The molecule has 1 aliphatic rings. The zero-order chi connectivity index (χ0) is 13.7. The van der Waals surface area contributed by atoms with Crippen LogP contribution in [0.25, 0.3) is 0 Å². The van der Waals surface area contributed by atoms with Crippen LogP contribution in [0.1, 0.15) is 26.6 Å². The topological polar surface area (TPSA) is 63.2 Å². The molecule has 0 spiro atoms. The maximum absolute atomic E-state index is 5.37. The number of rotatable bonds is 5. The molecule has 0 radical (unpaired) electrons. The molecule has 0 amide bonds. The van der Waals surface area contributed by atoms with Crippen molar-refractivity contribution >= 4 is 11.9 Å². The summed E-state index contributed by atoms with van der Waals surface area (Å²) in [5.41, 5.74) is 0. The van der Waals surface area contributed by atoms with Crippen molar-refractivity contribution in [2.45, 2.75) is 27.2 Å². The highest BCUT2D eigenvalue weighted by Crippen LogP contribution is 2.14. The third-order valence-corrected chi connectivity index (χ3v) is 2.89. The van der Waals surface area contributed by atoms with Crippen LogP contribution in [0.5, 0.6) is 0 Å². The Bertz CT molecular complexity index is 404. The maximum atomic E-state index is 5.37. The molecule has 2 rings (SSSR count). The summed E-state index contributed by atoms with van der Waals surface area (Å²) in [4.78, 5) is 15.7. The van der Waals surface area contributed by atoms with Crippen LogP contribution in [0.3, 0.4) is 0 Å². The van der Waals surface area contributed by atoms with Crippen LogP contribution in [0.2, 0.25) is 0 Å². The molecule has 1 saturated heterocycles. The van der Waals surface area contributed by atoms with Gasteiger partial charge in [-0.3, -0.25) is 0 Å². The van der Waals surface area contributed by atoms with Gasteiger partial charge in [-0.15, -0.1) is 0 Å². The normalized spacial score (nSPS) is 15.9. The van der Waals surface area contributed by atoms with E-state index in [0.717, 1.165) is 51.0 Å². The average Bonchev–Trinajstić information content (AvgIpc) is 2.39. The lowest BCUT2D eigenvalue weighted by Crippen LogP contribution is -2.37. The van der Waals surface area contributed by atoms with E-state index in [1.54, 1.807) is 0 Å². The first-order valence-corrected chi connectivity index (χ1v) is 7.00. The van der Waals surface area contributed by atoms with Crippen molar-refractivity contribution in [3.05, 3.63) is 5.82 Å². The van der Waals surface area contributed by atoms with E-state index in [4.69, 9.17) is 4.74 Å². The molecule has 106 valence electrons. The number of aromatic nitrogens is 3. The summed E-state index contributed by atoms with van der Waals surface area (Å²) in [5.74, 6) is 2.84. The van der Waals surface area contributed by atoms with Gasteiger partial charge in [-0.1, -0.05) is 13.8 Å². The Morgan fingerprint density at radius 2 is 1.95 bits per heavy atom. The Morgan fingerprint density at radius 3 is 2.58 bits per heavy atom. The van der Waals surface area contributed by atoms with Gasteiger partial charge < -0.3 is 15.0 Å². The highest BCUT2D eigenvalue weighted by atomic mass is 16.5. The minimum absolute atomic E-state index is 0.536. The van der Waals surface area contributed by atoms with Crippen LogP contribution < -0.4 is 10.2 Å². The summed E-state index contributed by atoms with van der Waals surface area (Å²) < 4.78 is 5.37. The van der Waals surface area contributed by atoms with Crippen LogP contribution in [0.15, 0.2) is 0 Å². The highest BCUT2D eigenvalue weighted by Gasteiger charge is 2.16. The number of hydrogen-bond donors (Lipinski definition) is 1. The molecule has 1 N–H and O–H groups in total. The van der Waals surface area contributed by atoms with Crippen molar-refractivity contribution in [1.29, 1.82) is 0 Å². The molecule has 2 heterocycles. The number of hydrogen-bond acceptors (Lipinski definition) is 6. The van der Waals surface area contributed by atoms with E-state index in [9.17, 15) is 0 Å². The minimum atomic E-state index is 0.536. The van der Waals surface area contributed by atoms with E-state index in [0.29, 0.717) is 11.9 Å². The van der Waals surface area contributed by atoms with Crippen molar-refractivity contribution in [2.75, 3.05) is 43.1 Å². The lowest BCUT2D eigenvalue weighted by Gasteiger charge is -2.27. The van der Waals surface area contributed by atoms with Gasteiger partial charge in [-0.25, -0.2) is 0 Å². The smallest absolute Gasteiger partial charge is 0.230 e. The average molecular weight is 265 g/mol. The zero-order valence-electron chi connectivity index (χ0n) is 12.0. The van der Waals surface area contributed by atoms with Gasteiger partial charge in [-0.05, 0) is 12.8 Å². The lowest BCUT2D eigenvalue weighted by atomic mass is 10.1. The third kappa shape index (κ3) is 4.02. The van der Waals surface area contributed by atoms with E-state index in [2.05, 4.69) is 39.0 Å². The molecule has 0 saturated carbocycles. The first-order valence-electron chi connectivity index (χ1n) is 7.00. The summed E-state index contributed by atoms with van der Waals surface area (Å²) in [6.45, 7) is 10.4. The SMILES string of the molecule is CCNc1nc(CC(C)C)nc(N2CCOCC2)n1. The van der Waals surface area contributed by atoms with Crippen LogP contribution in [0.4, 0.5) is 11.9 Å². The van der Waals surface area contributed by atoms with Crippen molar-refractivity contribution in [2.24, 2.45) is 5.92 Å². The van der Waals surface area contributed by atoms with E-state index in [1.165, 1.54) is 0 Å². The molecule has 1 aromatic rings. The van der Waals surface area contributed by atoms with Gasteiger partial charge in [0.25, 0.3) is 0 Å². The summed E-state index contributed by atoms with van der Waals surface area (Å²) in [6, 6.07) is 0. The fourth-order valence-corrected chi connectivity index (χ4v) is 2.01. The molecule has 1 aliphatic heterocycles. The Labute approximate surface area is 114 Å². The van der Waals surface area contributed by atoms with E-state index in [1.807, 2.05) is 6.92 Å². The van der Waals surface area contributed by atoms with Crippen LogP contribution in [0, 0.1) is 5.92 Å². The molecular formula is C13H23N5O. The molecule has 1 fully saturated rings. The van der Waals surface area contributed by atoms with Crippen LogP contribution in [-0.4, -0.2) is 47.8 Å². The van der Waals surface area contributed by atoms with Crippen molar-refractivity contribution in [3.8, 4) is 0 Å². The molecule has 1 aromatic heterocycles. The minimum Gasteiger partial charge on any atom is -0.378 e. The standard InChI is InChI=1S/C13H23N5O/c1-4-14-12-15-11(9-10(2)3)16-13(17-12)18-5-7-19-8-6-18/h10H,4-9H2,1-3H3,(H,14,15,16,17).